The van der Waals surface area contributed by atoms with Crippen LogP contribution in [0.15, 0.2) is 4.99 Å². The predicted molar refractivity (Wildman–Crippen MR) is 101 cm³/mol. The fourth-order valence-corrected chi connectivity index (χ4v) is 2.39. The van der Waals surface area contributed by atoms with Gasteiger partial charge in [0.05, 0.1) is 0 Å². The van der Waals surface area contributed by atoms with Crippen LogP contribution in [-0.2, 0) is 14.3 Å². The third-order valence-corrected chi connectivity index (χ3v) is 4.15. The number of likely N-dealkylation sites (N-methyl/N-ethyl adjacent to an activating group) is 1. The van der Waals surface area contributed by atoms with Gasteiger partial charge in [-0.3, -0.25) is 4.79 Å². The molecule has 1 amide bonds. The molecule has 1 aliphatic rings. The molecule has 1 rings (SSSR count). The molecular formula is C18H36N4O3. The van der Waals surface area contributed by atoms with E-state index in [4.69, 9.17) is 9.47 Å². The zero-order chi connectivity index (χ0) is 18.3. The van der Waals surface area contributed by atoms with Crippen LogP contribution in [0.5, 0.6) is 0 Å². The van der Waals surface area contributed by atoms with Crippen molar-refractivity contribution < 1.29 is 14.3 Å². The SMILES string of the molecule is CCCCNC(=NCC(=O)N(C)C)NCCCOCC1CCOCC1. The van der Waals surface area contributed by atoms with Crippen LogP contribution >= 0.6 is 0 Å². The molecular weight excluding hydrogens is 320 g/mol. The maximum absolute atomic E-state index is 11.7. The van der Waals surface area contributed by atoms with Crippen LogP contribution in [0.1, 0.15) is 39.0 Å². The Morgan fingerprint density at radius 3 is 2.52 bits per heavy atom. The van der Waals surface area contributed by atoms with Gasteiger partial charge >= 0.3 is 0 Å². The van der Waals surface area contributed by atoms with Gasteiger partial charge in [0.15, 0.2) is 5.96 Å². The van der Waals surface area contributed by atoms with Crippen molar-refractivity contribution in [1.82, 2.24) is 15.5 Å². The van der Waals surface area contributed by atoms with Gasteiger partial charge in [-0.15, -0.1) is 0 Å². The number of carbonyl (C=O) groups is 1. The van der Waals surface area contributed by atoms with E-state index in [1.54, 1.807) is 19.0 Å². The number of carbonyl (C=O) groups excluding carboxylic acids is 1. The minimum absolute atomic E-state index is 0.00335. The number of hydrogen-bond donors (Lipinski definition) is 2. The molecule has 0 aromatic rings. The Bertz CT molecular complexity index is 383. The second kappa shape index (κ2) is 13.9. The van der Waals surface area contributed by atoms with Crippen molar-refractivity contribution in [2.75, 3.05) is 60.2 Å². The Morgan fingerprint density at radius 1 is 1.20 bits per heavy atom. The minimum atomic E-state index is -0.00335. The van der Waals surface area contributed by atoms with E-state index >= 15 is 0 Å². The van der Waals surface area contributed by atoms with Crippen LogP contribution in [-0.4, -0.2) is 76.9 Å². The summed E-state index contributed by atoms with van der Waals surface area (Å²) in [5, 5.41) is 6.55. The Labute approximate surface area is 152 Å². The smallest absolute Gasteiger partial charge is 0.243 e. The van der Waals surface area contributed by atoms with Gasteiger partial charge in [0.2, 0.25) is 5.91 Å². The van der Waals surface area contributed by atoms with E-state index in [2.05, 4.69) is 22.5 Å². The third-order valence-electron chi connectivity index (χ3n) is 4.15. The third kappa shape index (κ3) is 11.0. The fraction of sp³-hybridized carbons (Fsp3) is 0.889. The highest BCUT2D eigenvalue weighted by molar-refractivity contribution is 5.84. The Kier molecular flexibility index (Phi) is 12.1. The van der Waals surface area contributed by atoms with Gasteiger partial charge in [-0.1, -0.05) is 13.3 Å². The summed E-state index contributed by atoms with van der Waals surface area (Å²) in [4.78, 5) is 17.6. The average molecular weight is 357 g/mol. The molecule has 1 fully saturated rings. The van der Waals surface area contributed by atoms with E-state index in [1.165, 1.54) is 0 Å². The maximum atomic E-state index is 11.7. The largest absolute Gasteiger partial charge is 0.381 e. The quantitative estimate of drug-likeness (QED) is 0.331. The topological polar surface area (TPSA) is 75.2 Å². The number of nitrogens with one attached hydrogen (secondary N) is 2. The van der Waals surface area contributed by atoms with Crippen LogP contribution < -0.4 is 10.6 Å². The first kappa shape index (κ1) is 21.7. The highest BCUT2D eigenvalue weighted by Crippen LogP contribution is 2.14. The second-order valence-electron chi connectivity index (χ2n) is 6.64. The van der Waals surface area contributed by atoms with Crippen molar-refractivity contribution in [2.45, 2.75) is 39.0 Å². The summed E-state index contributed by atoms with van der Waals surface area (Å²) in [7, 11) is 3.48. The number of rotatable bonds is 11. The second-order valence-corrected chi connectivity index (χ2v) is 6.64. The molecule has 7 nitrogen and oxygen atoms in total. The van der Waals surface area contributed by atoms with Gasteiger partial charge < -0.3 is 25.0 Å². The molecule has 25 heavy (non-hydrogen) atoms. The molecule has 2 N–H and O–H groups in total. The summed E-state index contributed by atoms with van der Waals surface area (Å²) in [6, 6.07) is 0. The standard InChI is InChI=1S/C18H36N4O3/c1-4-5-9-19-18(21-14-17(23)22(2)3)20-10-6-11-25-15-16-7-12-24-13-8-16/h16H,4-15H2,1-3H3,(H2,19,20,21). The van der Waals surface area contributed by atoms with Gasteiger partial charge in [0, 0.05) is 53.6 Å². The highest BCUT2D eigenvalue weighted by atomic mass is 16.5. The zero-order valence-electron chi connectivity index (χ0n) is 16.2. The summed E-state index contributed by atoms with van der Waals surface area (Å²) in [5.41, 5.74) is 0. The molecule has 1 aliphatic heterocycles. The Morgan fingerprint density at radius 2 is 1.88 bits per heavy atom. The van der Waals surface area contributed by atoms with E-state index in [9.17, 15) is 4.79 Å². The van der Waals surface area contributed by atoms with Crippen molar-refractivity contribution in [3.8, 4) is 0 Å². The molecule has 146 valence electrons. The van der Waals surface area contributed by atoms with Gasteiger partial charge in [-0.05, 0) is 31.6 Å². The van der Waals surface area contributed by atoms with Crippen molar-refractivity contribution in [3.05, 3.63) is 0 Å². The van der Waals surface area contributed by atoms with Crippen LogP contribution in [0.4, 0.5) is 0 Å². The molecule has 0 spiro atoms. The van der Waals surface area contributed by atoms with Crippen molar-refractivity contribution in [2.24, 2.45) is 10.9 Å². The van der Waals surface area contributed by atoms with E-state index in [0.29, 0.717) is 11.9 Å². The number of amides is 1. The first-order valence-electron chi connectivity index (χ1n) is 9.51. The number of aliphatic imine (C=N–C) groups is 1. The van der Waals surface area contributed by atoms with E-state index < -0.39 is 0 Å². The molecule has 7 heteroatoms. The number of nitrogens with zero attached hydrogens (tertiary/aromatic N) is 2. The predicted octanol–water partition coefficient (Wildman–Crippen LogP) is 1.24. The van der Waals surface area contributed by atoms with Crippen molar-refractivity contribution in [1.29, 1.82) is 0 Å². The summed E-state index contributed by atoms with van der Waals surface area (Å²) in [6.07, 6.45) is 5.33. The van der Waals surface area contributed by atoms with E-state index in [1.807, 2.05) is 0 Å². The Hall–Kier alpha value is -1.34. The molecule has 0 aromatic carbocycles. The fourth-order valence-electron chi connectivity index (χ4n) is 2.39. The summed E-state index contributed by atoms with van der Waals surface area (Å²) < 4.78 is 11.1. The van der Waals surface area contributed by atoms with Crippen LogP contribution in [0, 0.1) is 5.92 Å². The van der Waals surface area contributed by atoms with Gasteiger partial charge in [0.1, 0.15) is 6.54 Å². The normalized spacial score (nSPS) is 15.9. The lowest BCUT2D eigenvalue weighted by Gasteiger charge is -2.21. The molecule has 0 atom stereocenters. The van der Waals surface area contributed by atoms with Crippen LogP contribution in [0.3, 0.4) is 0 Å². The molecule has 0 radical (unpaired) electrons. The van der Waals surface area contributed by atoms with Crippen molar-refractivity contribution >= 4 is 11.9 Å². The lowest BCUT2D eigenvalue weighted by Crippen LogP contribution is -2.39. The molecule has 0 unspecified atom stereocenters. The lowest BCUT2D eigenvalue weighted by atomic mass is 10.0. The molecule has 1 saturated heterocycles. The van der Waals surface area contributed by atoms with Gasteiger partial charge in [-0.25, -0.2) is 4.99 Å². The molecule has 0 bridgehead atoms. The van der Waals surface area contributed by atoms with Gasteiger partial charge in [-0.2, -0.15) is 0 Å². The van der Waals surface area contributed by atoms with Crippen LogP contribution in [0.25, 0.3) is 0 Å². The Balaban J connectivity index is 2.19. The first-order valence-corrected chi connectivity index (χ1v) is 9.51. The summed E-state index contributed by atoms with van der Waals surface area (Å²) >= 11 is 0. The number of guanidine groups is 1. The minimum Gasteiger partial charge on any atom is -0.381 e. The number of hydrogen-bond acceptors (Lipinski definition) is 4. The monoisotopic (exact) mass is 356 g/mol. The molecule has 0 aromatic heterocycles. The molecule has 0 aliphatic carbocycles. The average Bonchev–Trinajstić information content (AvgIpc) is 2.62. The first-order chi connectivity index (χ1) is 12.1. The van der Waals surface area contributed by atoms with E-state index in [-0.39, 0.29) is 12.5 Å². The molecule has 0 saturated carbocycles. The number of ether oxygens (including phenoxy) is 2. The molecule has 1 heterocycles. The van der Waals surface area contributed by atoms with Crippen LogP contribution in [0.2, 0.25) is 0 Å². The lowest BCUT2D eigenvalue weighted by molar-refractivity contribution is -0.127. The zero-order valence-corrected chi connectivity index (χ0v) is 16.2. The summed E-state index contributed by atoms with van der Waals surface area (Å²) in [5.74, 6) is 1.34. The van der Waals surface area contributed by atoms with Gasteiger partial charge in [0.25, 0.3) is 0 Å². The van der Waals surface area contributed by atoms with E-state index in [0.717, 1.165) is 71.6 Å². The highest BCUT2D eigenvalue weighted by Gasteiger charge is 2.13. The maximum Gasteiger partial charge on any atom is 0.243 e. The summed E-state index contributed by atoms with van der Waals surface area (Å²) in [6.45, 7) is 7.25. The number of unbranched alkanes of at least 4 members (excludes halogenated alkanes) is 1. The van der Waals surface area contributed by atoms with Crippen molar-refractivity contribution in [3.63, 3.8) is 0 Å².